The summed E-state index contributed by atoms with van der Waals surface area (Å²) in [6, 6.07) is 0. The minimum Gasteiger partial charge on any atom is -0.756 e. The number of phosphoric ester groups is 1. The van der Waals surface area contributed by atoms with Gasteiger partial charge in [0.1, 0.15) is 19.3 Å². The van der Waals surface area contributed by atoms with Crippen molar-refractivity contribution >= 4 is 13.8 Å². The second-order valence-electron chi connectivity index (χ2n) is 17.1. The molecule has 9 heteroatoms. The zero-order valence-corrected chi connectivity index (χ0v) is 38.0. The largest absolute Gasteiger partial charge is 0.756 e. The molecular weight excluding hydrogens is 709 g/mol. The Kier molecular flexibility index (Phi) is 39.5. The van der Waals surface area contributed by atoms with E-state index in [1.54, 1.807) is 0 Å². The van der Waals surface area contributed by atoms with Crippen LogP contribution in [0.1, 0.15) is 219 Å². The molecule has 2 unspecified atom stereocenters. The van der Waals surface area contributed by atoms with Crippen molar-refractivity contribution in [3.05, 3.63) is 12.2 Å². The fourth-order valence-corrected chi connectivity index (χ4v) is 7.39. The van der Waals surface area contributed by atoms with Gasteiger partial charge in [-0.15, -0.1) is 0 Å². The molecular formula is C46H92NO7P. The van der Waals surface area contributed by atoms with E-state index in [-0.39, 0.29) is 25.8 Å². The highest BCUT2D eigenvalue weighted by Gasteiger charge is 2.20. The van der Waals surface area contributed by atoms with Crippen LogP contribution in [0.5, 0.6) is 0 Å². The third-order valence-corrected chi connectivity index (χ3v) is 11.3. The average Bonchev–Trinajstić information content (AvgIpc) is 3.13. The van der Waals surface area contributed by atoms with Gasteiger partial charge in [-0.1, -0.05) is 187 Å². The first-order valence-corrected chi connectivity index (χ1v) is 24.9. The van der Waals surface area contributed by atoms with Crippen molar-refractivity contribution in [3.63, 3.8) is 0 Å². The van der Waals surface area contributed by atoms with Crippen molar-refractivity contribution in [2.75, 3.05) is 54.1 Å². The average molecular weight is 802 g/mol. The van der Waals surface area contributed by atoms with Crippen LogP contribution in [-0.4, -0.2) is 70.7 Å². The van der Waals surface area contributed by atoms with E-state index in [1.807, 2.05) is 21.1 Å². The number of hydrogen-bond acceptors (Lipinski definition) is 7. The van der Waals surface area contributed by atoms with Crippen molar-refractivity contribution in [1.82, 2.24) is 0 Å². The molecule has 0 fully saturated rings. The highest BCUT2D eigenvalue weighted by molar-refractivity contribution is 7.45. The Bertz CT molecular complexity index is 894. The number of unbranched alkanes of at least 4 members (excludes halogenated alkanes) is 28. The lowest BCUT2D eigenvalue weighted by molar-refractivity contribution is -0.870. The van der Waals surface area contributed by atoms with Crippen molar-refractivity contribution in [3.8, 4) is 0 Å². The molecule has 0 bridgehead atoms. The summed E-state index contributed by atoms with van der Waals surface area (Å²) in [7, 11) is 1.37. The molecule has 0 aliphatic rings. The van der Waals surface area contributed by atoms with Crippen molar-refractivity contribution in [2.24, 2.45) is 0 Å². The van der Waals surface area contributed by atoms with Gasteiger partial charge in [-0.3, -0.25) is 9.36 Å². The Labute approximate surface area is 341 Å². The summed E-state index contributed by atoms with van der Waals surface area (Å²) in [6.07, 6.45) is 43.6. The number of esters is 1. The lowest BCUT2D eigenvalue weighted by atomic mass is 10.0. The molecule has 0 aliphatic carbocycles. The normalized spacial score (nSPS) is 13.8. The number of quaternary nitrogens is 1. The number of nitrogens with zero attached hydrogens (tertiary/aromatic N) is 1. The van der Waals surface area contributed by atoms with Gasteiger partial charge in [0.25, 0.3) is 7.82 Å². The SMILES string of the molecule is CCCCCCCCC/C=C\CCCCCCCCCC(=O)OC(COCCCCCCCCCCCCCCCCC)COP(=O)([O-])OCC[N+](C)(C)C. The molecule has 0 amide bonds. The van der Waals surface area contributed by atoms with E-state index in [9.17, 15) is 14.3 Å². The van der Waals surface area contributed by atoms with Gasteiger partial charge in [-0.2, -0.15) is 0 Å². The predicted molar refractivity (Wildman–Crippen MR) is 231 cm³/mol. The van der Waals surface area contributed by atoms with Gasteiger partial charge >= 0.3 is 5.97 Å². The summed E-state index contributed by atoms with van der Waals surface area (Å²) in [6.45, 7) is 5.45. The number of likely N-dealkylation sites (N-methyl/N-ethyl adjacent to an activating group) is 1. The third kappa shape index (κ3) is 44.2. The molecule has 0 saturated heterocycles. The Morgan fingerprint density at radius 3 is 1.38 bits per heavy atom. The molecule has 8 nitrogen and oxygen atoms in total. The standard InChI is InChI=1S/C46H92NO7P/c1-6-8-10-12-14-16-18-20-22-23-24-25-27-29-31-33-35-37-39-46(48)54-45(44-53-55(49,50)52-42-40-47(3,4)5)43-51-41-38-36-34-32-30-28-26-21-19-17-15-13-11-9-7-2/h22-23,45H,6-21,24-44H2,1-5H3/b23-22-. The lowest BCUT2D eigenvalue weighted by Gasteiger charge is -2.28. The minimum atomic E-state index is -4.52. The number of rotatable bonds is 44. The van der Waals surface area contributed by atoms with Gasteiger partial charge in [0.15, 0.2) is 0 Å². The first-order valence-electron chi connectivity index (χ1n) is 23.4. The van der Waals surface area contributed by atoms with Gasteiger partial charge in [0.2, 0.25) is 0 Å². The van der Waals surface area contributed by atoms with Crippen LogP contribution in [-0.2, 0) is 27.9 Å². The van der Waals surface area contributed by atoms with E-state index < -0.39 is 13.9 Å². The Morgan fingerprint density at radius 2 is 0.945 bits per heavy atom. The highest BCUT2D eigenvalue weighted by atomic mass is 31.2. The second kappa shape index (κ2) is 40.0. The molecule has 328 valence electrons. The van der Waals surface area contributed by atoms with Crippen molar-refractivity contribution in [2.45, 2.75) is 225 Å². The fourth-order valence-electron chi connectivity index (χ4n) is 6.66. The van der Waals surface area contributed by atoms with E-state index in [2.05, 4.69) is 26.0 Å². The maximum absolute atomic E-state index is 12.7. The molecule has 0 heterocycles. The number of phosphoric acid groups is 1. The summed E-state index contributed by atoms with van der Waals surface area (Å²) >= 11 is 0. The first-order chi connectivity index (χ1) is 26.6. The topological polar surface area (TPSA) is 94.1 Å². The van der Waals surface area contributed by atoms with Crippen molar-refractivity contribution < 1.29 is 37.3 Å². The van der Waals surface area contributed by atoms with Crippen LogP contribution >= 0.6 is 7.82 Å². The number of hydrogen-bond donors (Lipinski definition) is 0. The smallest absolute Gasteiger partial charge is 0.306 e. The van der Waals surface area contributed by atoms with Gasteiger partial charge in [-0.25, -0.2) is 0 Å². The molecule has 0 N–H and O–H groups in total. The van der Waals surface area contributed by atoms with Crippen LogP contribution in [0, 0.1) is 0 Å². The van der Waals surface area contributed by atoms with Crippen LogP contribution in [0.4, 0.5) is 0 Å². The summed E-state index contributed by atoms with van der Waals surface area (Å²) < 4.78 is 34.6. The molecule has 0 saturated carbocycles. The molecule has 2 atom stereocenters. The van der Waals surface area contributed by atoms with E-state index in [0.717, 1.165) is 32.1 Å². The van der Waals surface area contributed by atoms with Crippen molar-refractivity contribution in [1.29, 1.82) is 0 Å². The minimum absolute atomic E-state index is 0.0286. The maximum Gasteiger partial charge on any atom is 0.306 e. The molecule has 0 aromatic heterocycles. The molecule has 0 radical (unpaired) electrons. The molecule has 0 aliphatic heterocycles. The first kappa shape index (κ1) is 54.2. The number of carbonyl (C=O) groups is 1. The Balaban J connectivity index is 4.17. The van der Waals surface area contributed by atoms with Crippen LogP contribution in [0.3, 0.4) is 0 Å². The van der Waals surface area contributed by atoms with Crippen LogP contribution in [0.2, 0.25) is 0 Å². The Morgan fingerprint density at radius 1 is 0.545 bits per heavy atom. The van der Waals surface area contributed by atoms with E-state index in [1.165, 1.54) is 167 Å². The van der Waals surface area contributed by atoms with E-state index in [0.29, 0.717) is 24.1 Å². The van der Waals surface area contributed by atoms with Crippen LogP contribution in [0.15, 0.2) is 12.2 Å². The molecule has 0 aromatic rings. The highest BCUT2D eigenvalue weighted by Crippen LogP contribution is 2.38. The summed E-state index contributed by atoms with van der Waals surface area (Å²) in [5.41, 5.74) is 0. The quantitative estimate of drug-likeness (QED) is 0.0199. The van der Waals surface area contributed by atoms with Gasteiger partial charge in [-0.05, 0) is 38.5 Å². The molecule has 0 spiro atoms. The van der Waals surface area contributed by atoms with Crippen LogP contribution < -0.4 is 4.89 Å². The van der Waals surface area contributed by atoms with E-state index in [4.69, 9.17) is 18.5 Å². The monoisotopic (exact) mass is 802 g/mol. The zero-order chi connectivity index (χ0) is 40.6. The Hall–Kier alpha value is -0.760. The summed E-state index contributed by atoms with van der Waals surface area (Å²) in [4.78, 5) is 25.1. The fraction of sp³-hybridized carbons (Fsp3) is 0.935. The van der Waals surface area contributed by atoms with Gasteiger partial charge < -0.3 is 27.9 Å². The number of allylic oxidation sites excluding steroid dienone is 2. The van der Waals surface area contributed by atoms with Gasteiger partial charge in [0, 0.05) is 13.0 Å². The lowest BCUT2D eigenvalue weighted by Crippen LogP contribution is -2.37. The maximum atomic E-state index is 12.7. The summed E-state index contributed by atoms with van der Waals surface area (Å²) in [5, 5.41) is 0. The molecule has 55 heavy (non-hydrogen) atoms. The second-order valence-corrected chi connectivity index (χ2v) is 18.5. The van der Waals surface area contributed by atoms with E-state index >= 15 is 0 Å². The summed E-state index contributed by atoms with van der Waals surface area (Å²) in [5.74, 6) is -0.334. The number of carbonyl (C=O) groups excluding carboxylic acids is 1. The van der Waals surface area contributed by atoms with Gasteiger partial charge in [0.05, 0.1) is 34.4 Å². The zero-order valence-electron chi connectivity index (χ0n) is 37.1. The third-order valence-electron chi connectivity index (χ3n) is 10.3. The molecule has 0 rings (SSSR count). The predicted octanol–water partition coefficient (Wildman–Crippen LogP) is 13.2. The van der Waals surface area contributed by atoms with Crippen LogP contribution in [0.25, 0.3) is 0 Å². The molecule has 0 aromatic carbocycles. The number of ether oxygens (including phenoxy) is 2.